The number of hydrogen-bond donors (Lipinski definition) is 2. The maximum absolute atomic E-state index is 11.6. The van der Waals surface area contributed by atoms with Gasteiger partial charge in [-0.1, -0.05) is 24.3 Å². The molecule has 122 valence electrons. The normalized spacial score (nSPS) is 10.6. The molecule has 0 amide bonds. The van der Waals surface area contributed by atoms with Gasteiger partial charge in [-0.2, -0.15) is 0 Å². The minimum atomic E-state index is -0.345. The van der Waals surface area contributed by atoms with Gasteiger partial charge in [0.1, 0.15) is 5.75 Å². The van der Waals surface area contributed by atoms with Crippen molar-refractivity contribution in [3.63, 3.8) is 0 Å². The second-order valence-corrected chi connectivity index (χ2v) is 5.58. The summed E-state index contributed by atoms with van der Waals surface area (Å²) in [7, 11) is 1.35. The van der Waals surface area contributed by atoms with Crippen LogP contribution in [0.15, 0.2) is 48.5 Å². The molecule has 5 nitrogen and oxygen atoms in total. The van der Waals surface area contributed by atoms with Crippen LogP contribution in [0.4, 0.5) is 11.4 Å². The Bertz CT molecular complexity index is 906. The van der Waals surface area contributed by atoms with Gasteiger partial charge in [-0.15, -0.1) is 0 Å². The monoisotopic (exact) mass is 322 g/mol. The summed E-state index contributed by atoms with van der Waals surface area (Å²) in [4.78, 5) is 16.1. The van der Waals surface area contributed by atoms with Gasteiger partial charge in [0.25, 0.3) is 0 Å². The Morgan fingerprint density at radius 1 is 1.17 bits per heavy atom. The van der Waals surface area contributed by atoms with Crippen molar-refractivity contribution in [2.75, 3.05) is 12.4 Å². The lowest BCUT2D eigenvalue weighted by Gasteiger charge is -2.13. The van der Waals surface area contributed by atoms with Gasteiger partial charge in [0.05, 0.1) is 30.4 Å². The summed E-state index contributed by atoms with van der Waals surface area (Å²) in [6, 6.07) is 14.8. The molecule has 1 aromatic heterocycles. The molecule has 24 heavy (non-hydrogen) atoms. The minimum Gasteiger partial charge on any atom is -0.506 e. The number of phenols is 1. The summed E-state index contributed by atoms with van der Waals surface area (Å²) in [6.07, 6.45) is 0.0931. The molecular formula is C19H18N2O3. The van der Waals surface area contributed by atoms with E-state index < -0.39 is 0 Å². The molecule has 5 heteroatoms. The number of nitrogens with zero attached hydrogens (tertiary/aromatic N) is 1. The van der Waals surface area contributed by atoms with Crippen molar-refractivity contribution in [2.45, 2.75) is 13.3 Å². The van der Waals surface area contributed by atoms with Gasteiger partial charge >= 0.3 is 5.97 Å². The predicted molar refractivity (Wildman–Crippen MR) is 93.6 cm³/mol. The second kappa shape index (κ2) is 6.58. The minimum absolute atomic E-state index is 0.0931. The van der Waals surface area contributed by atoms with Gasteiger partial charge in [0.15, 0.2) is 0 Å². The van der Waals surface area contributed by atoms with Gasteiger partial charge < -0.3 is 15.2 Å². The van der Waals surface area contributed by atoms with Crippen LogP contribution < -0.4 is 5.32 Å². The highest BCUT2D eigenvalue weighted by atomic mass is 16.5. The number of benzene rings is 2. The van der Waals surface area contributed by atoms with E-state index in [0.717, 1.165) is 22.2 Å². The van der Waals surface area contributed by atoms with Gasteiger partial charge in [-0.25, -0.2) is 0 Å². The Labute approximate surface area is 139 Å². The fourth-order valence-corrected chi connectivity index (χ4v) is 2.54. The lowest BCUT2D eigenvalue weighted by molar-refractivity contribution is -0.139. The predicted octanol–water partition coefficient (Wildman–Crippen LogP) is 3.71. The number of aromatic nitrogens is 1. The number of nitrogens with one attached hydrogen (secondary N) is 1. The van der Waals surface area contributed by atoms with Crippen LogP contribution in [0.5, 0.6) is 5.75 Å². The number of fused-ring (bicyclic) bond motifs is 1. The molecule has 0 spiro atoms. The zero-order chi connectivity index (χ0) is 17.1. The number of anilines is 2. The number of hydrogen-bond acceptors (Lipinski definition) is 5. The molecule has 0 radical (unpaired) electrons. The first-order chi connectivity index (χ1) is 11.6. The van der Waals surface area contributed by atoms with Crippen molar-refractivity contribution in [3.05, 3.63) is 59.8 Å². The summed E-state index contributed by atoms with van der Waals surface area (Å²) in [5.74, 6) is -0.182. The van der Waals surface area contributed by atoms with E-state index in [-0.39, 0.29) is 18.1 Å². The number of methoxy groups -OCH3 is 1. The molecule has 0 saturated heterocycles. The van der Waals surface area contributed by atoms with Crippen LogP contribution in [0, 0.1) is 6.92 Å². The van der Waals surface area contributed by atoms with Crippen molar-refractivity contribution in [1.82, 2.24) is 4.98 Å². The molecule has 0 saturated carbocycles. The standard InChI is InChI=1S/C19H18N2O3/c1-12-7-8-18(22)17(9-12)21-16-10-13(11-19(23)24-2)20-15-6-4-3-5-14(15)16/h3-10,22H,11H2,1-2H3,(H,20,21). The molecule has 2 N–H and O–H groups in total. The number of rotatable bonds is 4. The average molecular weight is 322 g/mol. The van der Waals surface area contributed by atoms with E-state index in [4.69, 9.17) is 4.74 Å². The fourth-order valence-electron chi connectivity index (χ4n) is 2.54. The zero-order valence-electron chi connectivity index (χ0n) is 13.5. The SMILES string of the molecule is COC(=O)Cc1cc(Nc2cc(C)ccc2O)c2ccccc2n1. The average Bonchev–Trinajstić information content (AvgIpc) is 2.58. The van der Waals surface area contributed by atoms with E-state index in [1.165, 1.54) is 7.11 Å². The van der Waals surface area contributed by atoms with Gasteiger partial charge in [-0.3, -0.25) is 9.78 Å². The van der Waals surface area contributed by atoms with Crippen LogP contribution in [0.25, 0.3) is 10.9 Å². The van der Waals surface area contributed by atoms with E-state index in [2.05, 4.69) is 10.3 Å². The molecule has 3 rings (SSSR count). The van der Waals surface area contributed by atoms with Gasteiger partial charge in [-0.05, 0) is 36.8 Å². The van der Waals surface area contributed by atoms with E-state index in [0.29, 0.717) is 11.4 Å². The third-order valence-electron chi connectivity index (χ3n) is 3.74. The van der Waals surface area contributed by atoms with Crippen LogP contribution in [0.2, 0.25) is 0 Å². The van der Waals surface area contributed by atoms with Crippen LogP contribution >= 0.6 is 0 Å². The molecule has 1 heterocycles. The third kappa shape index (κ3) is 3.30. The fraction of sp³-hybridized carbons (Fsp3) is 0.158. The third-order valence-corrected chi connectivity index (χ3v) is 3.74. The van der Waals surface area contributed by atoms with Crippen molar-refractivity contribution in [3.8, 4) is 5.75 Å². The molecule has 0 bridgehead atoms. The first kappa shape index (κ1) is 15.8. The molecule has 0 fully saturated rings. The second-order valence-electron chi connectivity index (χ2n) is 5.58. The van der Waals surface area contributed by atoms with Gasteiger partial charge in [0.2, 0.25) is 0 Å². The van der Waals surface area contributed by atoms with Crippen LogP contribution in [-0.2, 0) is 16.0 Å². The summed E-state index contributed by atoms with van der Waals surface area (Å²) < 4.78 is 4.72. The Hall–Kier alpha value is -3.08. The summed E-state index contributed by atoms with van der Waals surface area (Å²) >= 11 is 0. The topological polar surface area (TPSA) is 71.5 Å². The smallest absolute Gasteiger partial charge is 0.311 e. The number of phenolic OH excluding ortho intramolecular Hbond substituents is 1. The molecule has 0 aliphatic rings. The number of aryl methyl sites for hydroxylation is 1. The van der Waals surface area contributed by atoms with Crippen molar-refractivity contribution in [2.24, 2.45) is 0 Å². The molecule has 0 aliphatic carbocycles. The lowest BCUT2D eigenvalue weighted by Crippen LogP contribution is -2.07. The number of para-hydroxylation sites is 1. The maximum atomic E-state index is 11.6. The highest BCUT2D eigenvalue weighted by molar-refractivity contribution is 5.94. The molecule has 0 atom stereocenters. The largest absolute Gasteiger partial charge is 0.506 e. The first-order valence-electron chi connectivity index (χ1n) is 7.59. The van der Waals surface area contributed by atoms with Crippen molar-refractivity contribution in [1.29, 1.82) is 0 Å². The summed E-state index contributed by atoms with van der Waals surface area (Å²) in [5, 5.41) is 14.2. The van der Waals surface area contributed by atoms with E-state index in [1.54, 1.807) is 12.1 Å². The van der Waals surface area contributed by atoms with E-state index in [9.17, 15) is 9.90 Å². The maximum Gasteiger partial charge on any atom is 0.311 e. The van der Waals surface area contributed by atoms with E-state index in [1.807, 2.05) is 43.3 Å². The Balaban J connectivity index is 2.07. The molecule has 0 aliphatic heterocycles. The molecule has 3 aromatic rings. The Kier molecular flexibility index (Phi) is 4.33. The number of esters is 1. The Morgan fingerprint density at radius 2 is 1.96 bits per heavy atom. The van der Waals surface area contributed by atoms with Crippen molar-refractivity contribution < 1.29 is 14.6 Å². The molecular weight excluding hydrogens is 304 g/mol. The molecule has 2 aromatic carbocycles. The van der Waals surface area contributed by atoms with Crippen LogP contribution in [-0.4, -0.2) is 23.2 Å². The number of ether oxygens (including phenoxy) is 1. The number of carbonyl (C=O) groups excluding carboxylic acids is 1. The zero-order valence-corrected chi connectivity index (χ0v) is 13.5. The highest BCUT2D eigenvalue weighted by Gasteiger charge is 2.11. The highest BCUT2D eigenvalue weighted by Crippen LogP contribution is 2.31. The van der Waals surface area contributed by atoms with Crippen LogP contribution in [0.3, 0.4) is 0 Å². The lowest BCUT2D eigenvalue weighted by atomic mass is 10.1. The number of pyridine rings is 1. The van der Waals surface area contributed by atoms with Crippen molar-refractivity contribution >= 4 is 28.2 Å². The Morgan fingerprint density at radius 3 is 2.75 bits per heavy atom. The van der Waals surface area contributed by atoms with Crippen LogP contribution in [0.1, 0.15) is 11.3 Å². The quantitative estimate of drug-likeness (QED) is 0.566. The van der Waals surface area contributed by atoms with E-state index >= 15 is 0 Å². The number of aromatic hydroxyl groups is 1. The summed E-state index contributed by atoms with van der Waals surface area (Å²) in [6.45, 7) is 1.96. The number of carbonyl (C=O) groups is 1. The first-order valence-corrected chi connectivity index (χ1v) is 7.59. The molecule has 0 unspecified atom stereocenters. The van der Waals surface area contributed by atoms with Gasteiger partial charge in [0, 0.05) is 11.1 Å². The summed E-state index contributed by atoms with van der Waals surface area (Å²) in [5.41, 5.74) is 3.79.